The van der Waals surface area contributed by atoms with E-state index in [-0.39, 0.29) is 0 Å². The van der Waals surface area contributed by atoms with Crippen molar-refractivity contribution in [1.82, 2.24) is 0 Å². The fourth-order valence-electron chi connectivity index (χ4n) is 3.27. The molecule has 6 heteroatoms. The highest BCUT2D eigenvalue weighted by Crippen LogP contribution is 2.44. The lowest BCUT2D eigenvalue weighted by Crippen LogP contribution is -1.97. The molecule has 0 bridgehead atoms. The second-order valence-corrected chi connectivity index (χ2v) is 8.04. The summed E-state index contributed by atoms with van der Waals surface area (Å²) in [4.78, 5) is 1.24. The van der Waals surface area contributed by atoms with Gasteiger partial charge in [-0.25, -0.2) is 4.21 Å². The van der Waals surface area contributed by atoms with Gasteiger partial charge in [0.2, 0.25) is 0 Å². The number of rotatable bonds is 6. The van der Waals surface area contributed by atoms with Crippen LogP contribution in [0.5, 0.6) is 17.2 Å². The Hall–Kier alpha value is -3.82. The van der Waals surface area contributed by atoms with Gasteiger partial charge >= 0.3 is 0 Å². The van der Waals surface area contributed by atoms with E-state index < -0.39 is 10.8 Å². The van der Waals surface area contributed by atoms with Crippen LogP contribution in [-0.2, 0) is 10.8 Å². The zero-order chi connectivity index (χ0) is 21.8. The number of hydrogen-bond acceptors (Lipinski definition) is 5. The molecule has 0 amide bonds. The average Bonchev–Trinajstić information content (AvgIpc) is 3.09. The van der Waals surface area contributed by atoms with Crippen LogP contribution < -0.4 is 14.2 Å². The first-order chi connectivity index (χ1) is 15.1. The molecule has 1 unspecified atom stereocenters. The maximum absolute atomic E-state index is 13.4. The van der Waals surface area contributed by atoms with Gasteiger partial charge in [0.1, 0.15) is 17.2 Å². The van der Waals surface area contributed by atoms with Crippen molar-refractivity contribution in [1.29, 1.82) is 5.26 Å². The third-order valence-electron chi connectivity index (χ3n) is 4.83. The number of fused-ring (bicyclic) bond motifs is 1. The van der Waals surface area contributed by atoms with Gasteiger partial charge in [0.05, 0.1) is 40.9 Å². The standard InChI is InChI=1S/C25H19NO4S/c1-28-19-11-7-18(8-12-19)25-24(22-14-13-21(29-2)16-23(22)31(25)27)30-20-9-5-17(6-10-20)4-3-15-26/h3-14,16H,1-2H3/b4-3+. The lowest BCUT2D eigenvalue weighted by atomic mass is 10.1. The molecular formula is C25H19NO4S. The zero-order valence-corrected chi connectivity index (χ0v) is 17.8. The highest BCUT2D eigenvalue weighted by atomic mass is 32.2. The number of nitrogens with zero attached hydrogens (tertiary/aromatic N) is 1. The highest BCUT2D eigenvalue weighted by Gasteiger charge is 2.32. The van der Waals surface area contributed by atoms with Gasteiger partial charge in [0.25, 0.3) is 0 Å². The van der Waals surface area contributed by atoms with Gasteiger partial charge in [-0.1, -0.05) is 12.1 Å². The summed E-state index contributed by atoms with van der Waals surface area (Å²) in [5.41, 5.74) is 2.44. The van der Waals surface area contributed by atoms with Crippen molar-refractivity contribution < 1.29 is 18.4 Å². The quantitative estimate of drug-likeness (QED) is 0.500. The van der Waals surface area contributed by atoms with Crippen LogP contribution in [0.2, 0.25) is 0 Å². The van der Waals surface area contributed by atoms with E-state index in [1.54, 1.807) is 26.4 Å². The SMILES string of the molecule is COc1ccc(C2=C(Oc3ccc(/C=C/C#N)cc3)c3ccc(OC)cc3S2=O)cc1. The lowest BCUT2D eigenvalue weighted by Gasteiger charge is -2.11. The van der Waals surface area contributed by atoms with Crippen LogP contribution in [0.1, 0.15) is 16.7 Å². The molecule has 0 saturated carbocycles. The van der Waals surface area contributed by atoms with E-state index in [4.69, 9.17) is 19.5 Å². The van der Waals surface area contributed by atoms with E-state index in [1.807, 2.05) is 66.7 Å². The molecule has 31 heavy (non-hydrogen) atoms. The minimum absolute atomic E-state index is 0.543. The first kappa shape index (κ1) is 20.5. The summed E-state index contributed by atoms with van der Waals surface area (Å²) in [6.45, 7) is 0. The van der Waals surface area contributed by atoms with E-state index in [9.17, 15) is 4.21 Å². The predicted octanol–water partition coefficient (Wildman–Crippen LogP) is 5.27. The minimum atomic E-state index is -1.43. The van der Waals surface area contributed by atoms with Gasteiger partial charge < -0.3 is 14.2 Å². The van der Waals surface area contributed by atoms with Gasteiger partial charge in [0.15, 0.2) is 5.76 Å². The lowest BCUT2D eigenvalue weighted by molar-refractivity contribution is 0.413. The maximum atomic E-state index is 13.4. The fourth-order valence-corrected chi connectivity index (χ4v) is 4.74. The van der Waals surface area contributed by atoms with Crippen molar-refractivity contribution >= 4 is 27.5 Å². The average molecular weight is 429 g/mol. The van der Waals surface area contributed by atoms with Crippen LogP contribution in [0.4, 0.5) is 0 Å². The van der Waals surface area contributed by atoms with Crippen molar-refractivity contribution in [2.45, 2.75) is 4.90 Å². The van der Waals surface area contributed by atoms with Crippen molar-refractivity contribution in [2.24, 2.45) is 0 Å². The fraction of sp³-hybridized carbons (Fsp3) is 0.0800. The molecule has 1 atom stereocenters. The summed E-state index contributed by atoms with van der Waals surface area (Å²) in [6, 6.07) is 22.2. The van der Waals surface area contributed by atoms with Crippen LogP contribution >= 0.6 is 0 Å². The molecule has 3 aromatic carbocycles. The largest absolute Gasteiger partial charge is 0.497 e. The molecule has 0 aromatic heterocycles. The first-order valence-electron chi connectivity index (χ1n) is 9.47. The Labute approximate surface area is 183 Å². The van der Waals surface area contributed by atoms with Crippen molar-refractivity contribution in [2.75, 3.05) is 14.2 Å². The summed E-state index contributed by atoms with van der Waals surface area (Å²) < 4.78 is 30.3. The summed E-state index contributed by atoms with van der Waals surface area (Å²) in [6.07, 6.45) is 3.14. The third kappa shape index (κ3) is 4.09. The second kappa shape index (κ2) is 8.90. The van der Waals surface area contributed by atoms with Crippen molar-refractivity contribution in [3.8, 4) is 23.3 Å². The normalized spacial score (nSPS) is 14.9. The number of methoxy groups -OCH3 is 2. The van der Waals surface area contributed by atoms with Crippen LogP contribution in [0.15, 0.2) is 77.7 Å². The topological polar surface area (TPSA) is 68.6 Å². The van der Waals surface area contributed by atoms with Gasteiger partial charge in [0, 0.05) is 11.6 Å². The molecule has 1 heterocycles. The molecule has 0 spiro atoms. The molecule has 1 aliphatic heterocycles. The maximum Gasteiger partial charge on any atom is 0.152 e. The minimum Gasteiger partial charge on any atom is -0.497 e. The van der Waals surface area contributed by atoms with Gasteiger partial charge in [-0.15, -0.1) is 0 Å². The number of allylic oxidation sites excluding steroid dienone is 1. The Morgan fingerprint density at radius 1 is 0.871 bits per heavy atom. The van der Waals surface area contributed by atoms with E-state index in [1.165, 1.54) is 6.08 Å². The summed E-state index contributed by atoms with van der Waals surface area (Å²) >= 11 is 0. The molecule has 0 fully saturated rings. The van der Waals surface area contributed by atoms with Crippen molar-refractivity contribution in [3.05, 3.63) is 89.5 Å². The summed E-state index contributed by atoms with van der Waals surface area (Å²) in [5.74, 6) is 2.50. The Morgan fingerprint density at radius 3 is 2.16 bits per heavy atom. The summed E-state index contributed by atoms with van der Waals surface area (Å²) in [7, 11) is 1.75. The van der Waals surface area contributed by atoms with E-state index in [0.717, 1.165) is 22.4 Å². The first-order valence-corrected chi connectivity index (χ1v) is 10.6. The van der Waals surface area contributed by atoms with Crippen molar-refractivity contribution in [3.63, 3.8) is 0 Å². The van der Waals surface area contributed by atoms with Crippen LogP contribution in [0.25, 0.3) is 16.7 Å². The number of ether oxygens (including phenoxy) is 3. The molecule has 5 nitrogen and oxygen atoms in total. The Bertz CT molecular complexity index is 1240. The molecule has 1 aliphatic rings. The Morgan fingerprint density at radius 2 is 1.52 bits per heavy atom. The molecule has 0 N–H and O–H groups in total. The number of nitriles is 1. The van der Waals surface area contributed by atoms with E-state index >= 15 is 0 Å². The predicted molar refractivity (Wildman–Crippen MR) is 121 cm³/mol. The second-order valence-electron chi connectivity index (χ2n) is 6.65. The van der Waals surface area contributed by atoms with Gasteiger partial charge in [-0.3, -0.25) is 0 Å². The van der Waals surface area contributed by atoms with Crippen LogP contribution in [0.3, 0.4) is 0 Å². The molecule has 4 rings (SSSR count). The Kier molecular flexibility index (Phi) is 5.87. The number of benzene rings is 3. The van der Waals surface area contributed by atoms with Crippen LogP contribution in [-0.4, -0.2) is 18.4 Å². The molecule has 0 radical (unpaired) electrons. The van der Waals surface area contributed by atoms with Crippen LogP contribution in [0, 0.1) is 11.3 Å². The van der Waals surface area contributed by atoms with E-state index in [2.05, 4.69) is 0 Å². The van der Waals surface area contributed by atoms with Gasteiger partial charge in [-0.2, -0.15) is 5.26 Å². The van der Waals surface area contributed by atoms with E-state index in [0.29, 0.717) is 27.1 Å². The molecule has 3 aromatic rings. The Balaban J connectivity index is 1.78. The van der Waals surface area contributed by atoms with Gasteiger partial charge in [-0.05, 0) is 71.8 Å². The smallest absolute Gasteiger partial charge is 0.152 e. The highest BCUT2D eigenvalue weighted by molar-refractivity contribution is 7.95. The summed E-state index contributed by atoms with van der Waals surface area (Å²) in [5, 5.41) is 8.68. The monoisotopic (exact) mass is 429 g/mol. The molecule has 0 aliphatic carbocycles. The molecular weight excluding hydrogens is 410 g/mol. The number of hydrogen-bond donors (Lipinski definition) is 0. The third-order valence-corrected chi connectivity index (χ3v) is 6.36. The molecule has 154 valence electrons. The zero-order valence-electron chi connectivity index (χ0n) is 17.0. The molecule has 0 saturated heterocycles.